The SMILES string of the molecule is O=C(O)/C=C/C1=c2ccccc2=NC1. The lowest BCUT2D eigenvalue weighted by Gasteiger charge is -1.89. The molecule has 0 unspecified atom stereocenters. The van der Waals surface area contributed by atoms with E-state index in [1.807, 2.05) is 24.3 Å². The molecule has 1 N–H and O–H groups in total. The van der Waals surface area contributed by atoms with Gasteiger partial charge < -0.3 is 5.11 Å². The Morgan fingerprint density at radius 3 is 3.00 bits per heavy atom. The molecule has 0 fully saturated rings. The number of hydrogen-bond acceptors (Lipinski definition) is 2. The Kier molecular flexibility index (Phi) is 2.14. The van der Waals surface area contributed by atoms with E-state index in [9.17, 15) is 4.79 Å². The number of benzene rings is 1. The molecule has 0 atom stereocenters. The quantitative estimate of drug-likeness (QED) is 0.668. The molecule has 2 rings (SSSR count). The minimum atomic E-state index is -0.929. The average molecular weight is 187 g/mol. The highest BCUT2D eigenvalue weighted by Gasteiger charge is 2.02. The van der Waals surface area contributed by atoms with Gasteiger partial charge in [0, 0.05) is 11.3 Å². The first-order chi connectivity index (χ1) is 6.77. The molecule has 0 aliphatic carbocycles. The summed E-state index contributed by atoms with van der Waals surface area (Å²) in [5.74, 6) is -0.929. The molecule has 3 nitrogen and oxygen atoms in total. The van der Waals surface area contributed by atoms with Crippen molar-refractivity contribution < 1.29 is 9.90 Å². The molecule has 0 aromatic heterocycles. The molecule has 0 radical (unpaired) electrons. The maximum Gasteiger partial charge on any atom is 0.328 e. The first-order valence-corrected chi connectivity index (χ1v) is 4.31. The van der Waals surface area contributed by atoms with Crippen LogP contribution in [0.15, 0.2) is 41.4 Å². The number of carboxylic acid groups (broad SMARTS) is 1. The van der Waals surface area contributed by atoms with Crippen molar-refractivity contribution in [2.24, 2.45) is 4.99 Å². The predicted molar refractivity (Wildman–Crippen MR) is 52.3 cm³/mol. The second-order valence-electron chi connectivity index (χ2n) is 3.03. The number of rotatable bonds is 2. The summed E-state index contributed by atoms with van der Waals surface area (Å²) >= 11 is 0. The number of hydrogen-bond donors (Lipinski definition) is 1. The van der Waals surface area contributed by atoms with Crippen LogP contribution in [0.1, 0.15) is 0 Å². The maximum atomic E-state index is 10.3. The Hall–Kier alpha value is -1.90. The molecule has 0 amide bonds. The molecule has 3 heteroatoms. The number of carboxylic acids is 1. The molecular weight excluding hydrogens is 178 g/mol. The summed E-state index contributed by atoms with van der Waals surface area (Å²) in [5.41, 5.74) is 0.961. The second-order valence-corrected chi connectivity index (χ2v) is 3.03. The summed E-state index contributed by atoms with van der Waals surface area (Å²) in [7, 11) is 0. The van der Waals surface area contributed by atoms with Crippen LogP contribution in [0.3, 0.4) is 0 Å². The van der Waals surface area contributed by atoms with Crippen LogP contribution in [0.5, 0.6) is 0 Å². The van der Waals surface area contributed by atoms with Crippen LogP contribution in [0, 0.1) is 0 Å². The predicted octanol–water partition coefficient (Wildman–Crippen LogP) is 0.111. The highest BCUT2D eigenvalue weighted by Crippen LogP contribution is 1.99. The van der Waals surface area contributed by atoms with Gasteiger partial charge in [-0.2, -0.15) is 0 Å². The van der Waals surface area contributed by atoms with Crippen molar-refractivity contribution in [1.82, 2.24) is 0 Å². The summed E-state index contributed by atoms with van der Waals surface area (Å²) in [6.45, 7) is 0.573. The average Bonchev–Trinajstić information content (AvgIpc) is 2.58. The molecule has 1 aliphatic rings. The third kappa shape index (κ3) is 1.57. The molecular formula is C11H9NO2. The van der Waals surface area contributed by atoms with Gasteiger partial charge in [-0.25, -0.2) is 4.79 Å². The molecule has 1 heterocycles. The highest BCUT2D eigenvalue weighted by molar-refractivity contribution is 5.83. The molecule has 0 bridgehead atoms. The fourth-order valence-electron chi connectivity index (χ4n) is 1.45. The zero-order valence-corrected chi connectivity index (χ0v) is 7.47. The van der Waals surface area contributed by atoms with Crippen molar-refractivity contribution >= 4 is 11.5 Å². The molecule has 0 spiro atoms. The van der Waals surface area contributed by atoms with Crippen LogP contribution in [0.25, 0.3) is 5.57 Å². The maximum absolute atomic E-state index is 10.3. The summed E-state index contributed by atoms with van der Waals surface area (Å²) in [6.07, 6.45) is 2.75. The van der Waals surface area contributed by atoms with E-state index in [2.05, 4.69) is 4.99 Å². The van der Waals surface area contributed by atoms with Crippen molar-refractivity contribution in [3.63, 3.8) is 0 Å². The Bertz CT molecular complexity index is 514. The van der Waals surface area contributed by atoms with Gasteiger partial charge >= 0.3 is 5.97 Å². The van der Waals surface area contributed by atoms with Crippen molar-refractivity contribution in [1.29, 1.82) is 0 Å². The van der Waals surface area contributed by atoms with E-state index < -0.39 is 5.97 Å². The number of para-hydroxylation sites is 1. The lowest BCUT2D eigenvalue weighted by molar-refractivity contribution is -0.131. The van der Waals surface area contributed by atoms with Crippen LogP contribution in [0.2, 0.25) is 0 Å². The van der Waals surface area contributed by atoms with Crippen LogP contribution in [-0.4, -0.2) is 17.6 Å². The Balaban J connectivity index is 2.51. The van der Waals surface area contributed by atoms with Gasteiger partial charge in [-0.15, -0.1) is 0 Å². The summed E-state index contributed by atoms with van der Waals surface area (Å²) in [6, 6.07) is 7.73. The number of carbonyl (C=O) groups is 1. The normalized spacial score (nSPS) is 14.1. The van der Waals surface area contributed by atoms with E-state index in [1.54, 1.807) is 6.08 Å². The van der Waals surface area contributed by atoms with Crippen molar-refractivity contribution in [3.05, 3.63) is 47.0 Å². The minimum absolute atomic E-state index is 0.573. The molecule has 1 aromatic rings. The minimum Gasteiger partial charge on any atom is -0.478 e. The molecule has 1 aromatic carbocycles. The second kappa shape index (κ2) is 3.46. The van der Waals surface area contributed by atoms with Crippen LogP contribution in [0.4, 0.5) is 0 Å². The van der Waals surface area contributed by atoms with E-state index >= 15 is 0 Å². The Labute approximate surface area is 80.7 Å². The lowest BCUT2D eigenvalue weighted by atomic mass is 10.2. The first-order valence-electron chi connectivity index (χ1n) is 4.31. The van der Waals surface area contributed by atoms with Gasteiger partial charge in [-0.1, -0.05) is 18.2 Å². The lowest BCUT2D eigenvalue weighted by Crippen LogP contribution is -2.21. The van der Waals surface area contributed by atoms with E-state index in [4.69, 9.17) is 5.11 Å². The summed E-state index contributed by atoms with van der Waals surface area (Å²) < 4.78 is 0. The third-order valence-corrected chi connectivity index (χ3v) is 2.10. The highest BCUT2D eigenvalue weighted by atomic mass is 16.4. The molecule has 70 valence electrons. The largest absolute Gasteiger partial charge is 0.478 e. The van der Waals surface area contributed by atoms with Crippen molar-refractivity contribution in [2.75, 3.05) is 6.54 Å². The fraction of sp³-hybridized carbons (Fsp3) is 0.0909. The zero-order chi connectivity index (χ0) is 9.97. The number of aliphatic carboxylic acids is 1. The van der Waals surface area contributed by atoms with Crippen LogP contribution < -0.4 is 10.6 Å². The van der Waals surface area contributed by atoms with Gasteiger partial charge in [0.05, 0.1) is 11.9 Å². The van der Waals surface area contributed by atoms with Gasteiger partial charge in [0.1, 0.15) is 0 Å². The number of nitrogens with zero attached hydrogens (tertiary/aromatic N) is 1. The zero-order valence-electron chi connectivity index (χ0n) is 7.47. The molecule has 0 saturated heterocycles. The van der Waals surface area contributed by atoms with Gasteiger partial charge in [0.25, 0.3) is 0 Å². The molecule has 0 saturated carbocycles. The fourth-order valence-corrected chi connectivity index (χ4v) is 1.45. The van der Waals surface area contributed by atoms with E-state index in [0.717, 1.165) is 22.2 Å². The van der Waals surface area contributed by atoms with Gasteiger partial charge in [0.15, 0.2) is 0 Å². The monoisotopic (exact) mass is 187 g/mol. The first kappa shape index (κ1) is 8.69. The third-order valence-electron chi connectivity index (χ3n) is 2.10. The van der Waals surface area contributed by atoms with Crippen LogP contribution in [-0.2, 0) is 4.79 Å². The van der Waals surface area contributed by atoms with Gasteiger partial charge in [-0.3, -0.25) is 4.99 Å². The topological polar surface area (TPSA) is 49.7 Å². The van der Waals surface area contributed by atoms with Crippen molar-refractivity contribution in [2.45, 2.75) is 0 Å². The molecule has 14 heavy (non-hydrogen) atoms. The van der Waals surface area contributed by atoms with Gasteiger partial charge in [0.2, 0.25) is 0 Å². The Morgan fingerprint density at radius 2 is 2.21 bits per heavy atom. The molecule has 1 aliphatic heterocycles. The van der Waals surface area contributed by atoms with E-state index in [1.165, 1.54) is 0 Å². The van der Waals surface area contributed by atoms with Crippen molar-refractivity contribution in [3.8, 4) is 0 Å². The number of fused-ring (bicyclic) bond motifs is 1. The smallest absolute Gasteiger partial charge is 0.328 e. The van der Waals surface area contributed by atoms with Crippen LogP contribution >= 0.6 is 0 Å². The summed E-state index contributed by atoms with van der Waals surface area (Å²) in [4.78, 5) is 14.6. The van der Waals surface area contributed by atoms with E-state index in [0.29, 0.717) is 6.54 Å². The van der Waals surface area contributed by atoms with E-state index in [-0.39, 0.29) is 0 Å². The summed E-state index contributed by atoms with van der Waals surface area (Å²) in [5, 5.41) is 10.5. The van der Waals surface area contributed by atoms with Gasteiger partial charge in [-0.05, 0) is 17.7 Å². The standard InChI is InChI=1S/C11H9NO2/c13-11(14)6-5-8-7-12-10-4-2-1-3-9(8)10/h1-6H,7H2,(H,13,14)/b6-5+. The Morgan fingerprint density at radius 1 is 1.43 bits per heavy atom.